The number of benzene rings is 1. The molecule has 0 saturated carbocycles. The van der Waals surface area contributed by atoms with Crippen LogP contribution in [0.2, 0.25) is 0 Å². The Balaban J connectivity index is 1.75. The van der Waals surface area contributed by atoms with E-state index >= 15 is 0 Å². The third-order valence-electron chi connectivity index (χ3n) is 5.06. The molecule has 3 N–H and O–H groups in total. The number of likely N-dealkylation sites (tertiary alicyclic amines) is 1. The van der Waals surface area contributed by atoms with E-state index < -0.39 is 5.41 Å². The summed E-state index contributed by atoms with van der Waals surface area (Å²) in [6, 6.07) is 10.9. The van der Waals surface area contributed by atoms with Gasteiger partial charge in [0.1, 0.15) is 11.6 Å². The predicted molar refractivity (Wildman–Crippen MR) is 109 cm³/mol. The first kappa shape index (κ1) is 20.6. The minimum absolute atomic E-state index is 0.0862. The molecule has 0 radical (unpaired) electrons. The number of anilines is 1. The van der Waals surface area contributed by atoms with Crippen molar-refractivity contribution in [1.29, 1.82) is 0 Å². The van der Waals surface area contributed by atoms with Gasteiger partial charge in [-0.15, -0.1) is 0 Å². The molecule has 1 aliphatic heterocycles. The van der Waals surface area contributed by atoms with Gasteiger partial charge in [0.2, 0.25) is 5.91 Å². The molecule has 1 aromatic heterocycles. The average molecular weight is 398 g/mol. The van der Waals surface area contributed by atoms with Crippen molar-refractivity contribution < 1.29 is 19.1 Å². The number of methoxy groups -OCH3 is 2. The largest absolute Gasteiger partial charge is 0.497 e. The molecule has 0 atom stereocenters. The molecule has 0 aliphatic carbocycles. The summed E-state index contributed by atoms with van der Waals surface area (Å²) in [6.45, 7) is 1.50. The van der Waals surface area contributed by atoms with E-state index in [1.165, 1.54) is 6.20 Å². The van der Waals surface area contributed by atoms with Gasteiger partial charge in [-0.1, -0.05) is 12.1 Å². The Morgan fingerprint density at radius 3 is 2.69 bits per heavy atom. The third kappa shape index (κ3) is 4.65. The van der Waals surface area contributed by atoms with Crippen LogP contribution in [-0.4, -0.2) is 62.2 Å². The van der Waals surface area contributed by atoms with Gasteiger partial charge >= 0.3 is 0 Å². The molecule has 1 aliphatic rings. The van der Waals surface area contributed by atoms with Crippen molar-refractivity contribution in [2.75, 3.05) is 46.2 Å². The molecule has 0 bridgehead atoms. The van der Waals surface area contributed by atoms with Crippen molar-refractivity contribution >= 4 is 17.6 Å². The molecule has 1 fully saturated rings. The molecule has 2 heterocycles. The summed E-state index contributed by atoms with van der Waals surface area (Å²) in [6.07, 6.45) is 1.96. The smallest absolute Gasteiger partial charge is 0.255 e. The van der Waals surface area contributed by atoms with Crippen molar-refractivity contribution in [1.82, 2.24) is 15.2 Å². The summed E-state index contributed by atoms with van der Waals surface area (Å²) in [7, 11) is 3.19. The van der Waals surface area contributed by atoms with Gasteiger partial charge in [0.15, 0.2) is 0 Å². The monoisotopic (exact) mass is 398 g/mol. The van der Waals surface area contributed by atoms with Gasteiger partial charge in [-0.2, -0.15) is 0 Å². The SMILES string of the molecule is COCCNC(=O)C1(Cc2cccc(OC)c2)CN(C(=O)c2ccc(N)nc2)C1. The first-order valence-electron chi connectivity index (χ1n) is 9.38. The molecular formula is C21H26N4O4. The Morgan fingerprint density at radius 1 is 1.24 bits per heavy atom. The zero-order valence-corrected chi connectivity index (χ0v) is 16.7. The summed E-state index contributed by atoms with van der Waals surface area (Å²) in [5, 5.41) is 2.92. The summed E-state index contributed by atoms with van der Waals surface area (Å²) in [5.74, 6) is 0.841. The number of nitrogens with one attached hydrogen (secondary N) is 1. The minimum Gasteiger partial charge on any atom is -0.497 e. The second-order valence-corrected chi connectivity index (χ2v) is 7.19. The first-order valence-corrected chi connectivity index (χ1v) is 9.38. The summed E-state index contributed by atoms with van der Waals surface area (Å²) in [5.41, 5.74) is 6.32. The molecule has 154 valence electrons. The van der Waals surface area contributed by atoms with E-state index in [9.17, 15) is 9.59 Å². The lowest BCUT2D eigenvalue weighted by Gasteiger charge is -2.49. The van der Waals surface area contributed by atoms with Gasteiger partial charge < -0.3 is 25.4 Å². The van der Waals surface area contributed by atoms with Gasteiger partial charge in [-0.05, 0) is 36.2 Å². The molecule has 0 spiro atoms. The highest BCUT2D eigenvalue weighted by molar-refractivity contribution is 5.97. The third-order valence-corrected chi connectivity index (χ3v) is 5.06. The van der Waals surface area contributed by atoms with Gasteiger partial charge in [0.25, 0.3) is 5.91 Å². The maximum Gasteiger partial charge on any atom is 0.255 e. The topological polar surface area (TPSA) is 107 Å². The number of carbonyl (C=O) groups is 2. The van der Waals surface area contributed by atoms with E-state index in [1.54, 1.807) is 31.3 Å². The lowest BCUT2D eigenvalue weighted by molar-refractivity contribution is -0.139. The van der Waals surface area contributed by atoms with Crippen LogP contribution >= 0.6 is 0 Å². The predicted octanol–water partition coefficient (Wildman–Crippen LogP) is 1.12. The summed E-state index contributed by atoms with van der Waals surface area (Å²) >= 11 is 0. The van der Waals surface area contributed by atoms with Crippen molar-refractivity contribution in [3.63, 3.8) is 0 Å². The minimum atomic E-state index is -0.697. The number of carbonyl (C=O) groups excluding carboxylic acids is 2. The normalized spacial score (nSPS) is 14.8. The molecule has 29 heavy (non-hydrogen) atoms. The Labute approximate surface area is 170 Å². The van der Waals surface area contributed by atoms with Gasteiger partial charge in [-0.3, -0.25) is 9.59 Å². The number of aromatic nitrogens is 1. The zero-order valence-electron chi connectivity index (χ0n) is 16.7. The van der Waals surface area contributed by atoms with Crippen LogP contribution < -0.4 is 15.8 Å². The van der Waals surface area contributed by atoms with E-state index in [-0.39, 0.29) is 11.8 Å². The Kier molecular flexibility index (Phi) is 6.33. The molecule has 2 aromatic rings. The number of nitrogens with two attached hydrogens (primary N) is 1. The quantitative estimate of drug-likeness (QED) is 0.646. The first-order chi connectivity index (χ1) is 14.0. The van der Waals surface area contributed by atoms with E-state index in [1.807, 2.05) is 24.3 Å². The zero-order chi connectivity index (χ0) is 20.9. The van der Waals surface area contributed by atoms with Gasteiger partial charge in [-0.25, -0.2) is 4.98 Å². The van der Waals surface area contributed by atoms with E-state index in [0.29, 0.717) is 44.0 Å². The van der Waals surface area contributed by atoms with Crippen LogP contribution in [0.15, 0.2) is 42.6 Å². The fourth-order valence-electron chi connectivity index (χ4n) is 3.51. The van der Waals surface area contributed by atoms with Crippen LogP contribution in [0.5, 0.6) is 5.75 Å². The molecule has 2 amide bonds. The number of rotatable bonds is 8. The fourth-order valence-corrected chi connectivity index (χ4v) is 3.51. The Morgan fingerprint density at radius 2 is 2.03 bits per heavy atom. The number of ether oxygens (including phenoxy) is 2. The van der Waals surface area contributed by atoms with Gasteiger partial charge in [0.05, 0.1) is 24.7 Å². The molecule has 1 aromatic carbocycles. The van der Waals surface area contributed by atoms with E-state index in [0.717, 1.165) is 11.3 Å². The summed E-state index contributed by atoms with van der Waals surface area (Å²) < 4.78 is 10.3. The lowest BCUT2D eigenvalue weighted by Crippen LogP contribution is -2.65. The Bertz CT molecular complexity index is 863. The molecule has 0 unspecified atom stereocenters. The fraction of sp³-hybridized carbons (Fsp3) is 0.381. The number of nitrogens with zero attached hydrogens (tertiary/aromatic N) is 2. The molecule has 8 nitrogen and oxygen atoms in total. The molecule has 3 rings (SSSR count). The molecule has 8 heteroatoms. The average Bonchev–Trinajstić information content (AvgIpc) is 2.70. The highest BCUT2D eigenvalue weighted by Crippen LogP contribution is 2.36. The molecular weight excluding hydrogens is 372 g/mol. The maximum atomic E-state index is 13.0. The van der Waals surface area contributed by atoms with Crippen molar-refractivity contribution in [3.05, 3.63) is 53.7 Å². The number of amides is 2. The standard InChI is InChI=1S/C21H26N4O4/c1-28-9-8-23-20(27)21(11-15-4-3-5-17(10-15)29-2)13-25(14-21)19(26)16-6-7-18(22)24-12-16/h3-7,10,12H,8-9,11,13-14H2,1-2H3,(H2,22,24)(H,23,27). The van der Waals surface area contributed by atoms with Crippen LogP contribution in [0.4, 0.5) is 5.82 Å². The lowest BCUT2D eigenvalue weighted by atomic mass is 9.73. The van der Waals surface area contributed by atoms with Crippen LogP contribution in [-0.2, 0) is 16.0 Å². The van der Waals surface area contributed by atoms with Gasteiger partial charge in [0, 0.05) is 32.9 Å². The van der Waals surface area contributed by atoms with Crippen molar-refractivity contribution in [2.45, 2.75) is 6.42 Å². The number of pyridine rings is 1. The number of hydrogen-bond donors (Lipinski definition) is 2. The molecule has 1 saturated heterocycles. The van der Waals surface area contributed by atoms with Crippen LogP contribution in [0.25, 0.3) is 0 Å². The maximum absolute atomic E-state index is 13.0. The highest BCUT2D eigenvalue weighted by Gasteiger charge is 2.50. The number of hydrogen-bond acceptors (Lipinski definition) is 6. The van der Waals surface area contributed by atoms with Crippen molar-refractivity contribution in [3.8, 4) is 5.75 Å². The second-order valence-electron chi connectivity index (χ2n) is 7.19. The highest BCUT2D eigenvalue weighted by atomic mass is 16.5. The number of nitrogen functional groups attached to an aromatic ring is 1. The second kappa shape index (κ2) is 8.91. The van der Waals surface area contributed by atoms with E-state index in [4.69, 9.17) is 15.2 Å². The van der Waals surface area contributed by atoms with Crippen LogP contribution in [0.3, 0.4) is 0 Å². The van der Waals surface area contributed by atoms with Crippen LogP contribution in [0, 0.1) is 5.41 Å². The van der Waals surface area contributed by atoms with E-state index in [2.05, 4.69) is 10.3 Å². The van der Waals surface area contributed by atoms with Crippen molar-refractivity contribution in [2.24, 2.45) is 5.41 Å². The Hall–Kier alpha value is -3.13. The van der Waals surface area contributed by atoms with Crippen LogP contribution in [0.1, 0.15) is 15.9 Å². The summed E-state index contributed by atoms with van der Waals surface area (Å²) in [4.78, 5) is 31.3.